The van der Waals surface area contributed by atoms with Gasteiger partial charge in [0.15, 0.2) is 17.6 Å². The Labute approximate surface area is 137 Å². The van der Waals surface area contributed by atoms with E-state index in [4.69, 9.17) is 18.9 Å². The summed E-state index contributed by atoms with van der Waals surface area (Å²) in [5.74, 6) is -2.14. The average molecular weight is 335 g/mol. The highest BCUT2D eigenvalue weighted by atomic mass is 16.8. The van der Waals surface area contributed by atoms with E-state index in [1.54, 1.807) is 20.8 Å². The van der Waals surface area contributed by atoms with E-state index in [9.17, 15) is 9.59 Å². The molecule has 0 unspecified atom stereocenters. The van der Waals surface area contributed by atoms with Gasteiger partial charge in [0.2, 0.25) is 5.69 Å². The zero-order valence-electron chi connectivity index (χ0n) is 13.5. The number of ether oxygens (including phenoxy) is 4. The minimum Gasteiger partial charge on any atom is -0.461 e. The van der Waals surface area contributed by atoms with Crippen molar-refractivity contribution in [2.24, 2.45) is 0 Å². The molecule has 9 heteroatoms. The maximum absolute atomic E-state index is 12.4. The summed E-state index contributed by atoms with van der Waals surface area (Å²) < 4.78 is 23.5. The number of esters is 2. The number of carbonyl (C=O) groups excluding carboxylic acids is 2. The SMILES string of the molecule is CCOC(=O)c1nnn2c1C(=O)O[C@H]1[C@@H]3OC(C)(C)O[C@@H]3C=C[C@@H]12. The summed E-state index contributed by atoms with van der Waals surface area (Å²) in [5.41, 5.74) is -0.143. The van der Waals surface area contributed by atoms with E-state index in [-0.39, 0.29) is 24.1 Å². The van der Waals surface area contributed by atoms with Crippen LogP contribution in [0.25, 0.3) is 0 Å². The van der Waals surface area contributed by atoms with Crippen molar-refractivity contribution >= 4 is 11.9 Å². The van der Waals surface area contributed by atoms with E-state index in [2.05, 4.69) is 10.3 Å². The molecule has 1 fully saturated rings. The van der Waals surface area contributed by atoms with Gasteiger partial charge in [0.1, 0.15) is 18.2 Å². The molecule has 4 atom stereocenters. The molecule has 4 rings (SSSR count). The summed E-state index contributed by atoms with van der Waals surface area (Å²) in [4.78, 5) is 24.4. The highest BCUT2D eigenvalue weighted by Gasteiger charge is 2.53. The maximum Gasteiger partial charge on any atom is 0.361 e. The largest absolute Gasteiger partial charge is 0.461 e. The molecule has 1 aromatic heterocycles. The molecular weight excluding hydrogens is 318 g/mol. The molecule has 0 spiro atoms. The quantitative estimate of drug-likeness (QED) is 0.573. The molecule has 3 heterocycles. The van der Waals surface area contributed by atoms with E-state index in [1.165, 1.54) is 4.68 Å². The van der Waals surface area contributed by atoms with Gasteiger partial charge >= 0.3 is 11.9 Å². The zero-order valence-corrected chi connectivity index (χ0v) is 13.5. The molecule has 0 radical (unpaired) electrons. The molecule has 0 aromatic carbocycles. The van der Waals surface area contributed by atoms with E-state index in [1.807, 2.05) is 12.2 Å². The Morgan fingerprint density at radius 3 is 2.88 bits per heavy atom. The molecular formula is C15H17N3O6. The number of nitrogens with zero attached hydrogens (tertiary/aromatic N) is 3. The molecule has 24 heavy (non-hydrogen) atoms. The van der Waals surface area contributed by atoms with Crippen molar-refractivity contribution in [1.82, 2.24) is 15.0 Å². The molecule has 0 saturated carbocycles. The second-order valence-corrected chi connectivity index (χ2v) is 6.26. The van der Waals surface area contributed by atoms with Gasteiger partial charge in [-0.25, -0.2) is 14.3 Å². The number of rotatable bonds is 2. The van der Waals surface area contributed by atoms with Crippen LogP contribution in [0.2, 0.25) is 0 Å². The molecule has 1 aromatic rings. The van der Waals surface area contributed by atoms with Gasteiger partial charge < -0.3 is 18.9 Å². The van der Waals surface area contributed by atoms with Gasteiger partial charge in [-0.1, -0.05) is 17.4 Å². The van der Waals surface area contributed by atoms with Crippen molar-refractivity contribution in [1.29, 1.82) is 0 Å². The van der Waals surface area contributed by atoms with Gasteiger partial charge in [0, 0.05) is 0 Å². The van der Waals surface area contributed by atoms with Crippen LogP contribution in [0.3, 0.4) is 0 Å². The van der Waals surface area contributed by atoms with Crippen LogP contribution in [-0.4, -0.2) is 57.6 Å². The van der Waals surface area contributed by atoms with Crippen molar-refractivity contribution < 1.29 is 28.5 Å². The third-order valence-corrected chi connectivity index (χ3v) is 4.20. The van der Waals surface area contributed by atoms with Crippen molar-refractivity contribution in [2.45, 2.75) is 50.9 Å². The lowest BCUT2D eigenvalue weighted by molar-refractivity contribution is -0.156. The summed E-state index contributed by atoms with van der Waals surface area (Å²) in [5, 5.41) is 7.77. The first kappa shape index (κ1) is 15.3. The molecule has 0 amide bonds. The van der Waals surface area contributed by atoms with E-state index in [0.717, 1.165) is 0 Å². The van der Waals surface area contributed by atoms with Crippen molar-refractivity contribution in [3.8, 4) is 0 Å². The zero-order chi connectivity index (χ0) is 17.1. The highest BCUT2D eigenvalue weighted by Crippen LogP contribution is 2.41. The average Bonchev–Trinajstić information content (AvgIpc) is 3.08. The third kappa shape index (κ3) is 2.15. The first-order valence-corrected chi connectivity index (χ1v) is 7.78. The summed E-state index contributed by atoms with van der Waals surface area (Å²) in [6.07, 6.45) is 2.34. The number of carbonyl (C=O) groups is 2. The summed E-state index contributed by atoms with van der Waals surface area (Å²) >= 11 is 0. The van der Waals surface area contributed by atoms with Crippen LogP contribution in [-0.2, 0) is 18.9 Å². The topological polar surface area (TPSA) is 102 Å². The van der Waals surface area contributed by atoms with Gasteiger partial charge in [0.25, 0.3) is 0 Å². The fourth-order valence-electron chi connectivity index (χ4n) is 3.31. The number of hydrogen-bond donors (Lipinski definition) is 0. The van der Waals surface area contributed by atoms with Gasteiger partial charge in [-0.2, -0.15) is 0 Å². The predicted molar refractivity (Wildman–Crippen MR) is 77.2 cm³/mol. The third-order valence-electron chi connectivity index (χ3n) is 4.20. The van der Waals surface area contributed by atoms with Gasteiger partial charge in [-0.3, -0.25) is 0 Å². The normalized spacial score (nSPS) is 32.5. The minimum atomic E-state index is -0.764. The minimum absolute atomic E-state index is 0.00373. The lowest BCUT2D eigenvalue weighted by Gasteiger charge is -2.36. The summed E-state index contributed by atoms with van der Waals surface area (Å²) in [6, 6.07) is -0.410. The highest BCUT2D eigenvalue weighted by molar-refractivity contribution is 6.00. The Bertz CT molecular complexity index is 740. The first-order chi connectivity index (χ1) is 11.4. The summed E-state index contributed by atoms with van der Waals surface area (Å²) in [6.45, 7) is 5.46. The molecule has 2 aliphatic heterocycles. The van der Waals surface area contributed by atoms with Gasteiger partial charge in [0.05, 0.1) is 6.61 Å². The van der Waals surface area contributed by atoms with Crippen LogP contribution in [0.4, 0.5) is 0 Å². The van der Waals surface area contributed by atoms with Crippen LogP contribution >= 0.6 is 0 Å². The fraction of sp³-hybridized carbons (Fsp3) is 0.600. The van der Waals surface area contributed by atoms with Crippen LogP contribution < -0.4 is 0 Å². The Kier molecular flexibility index (Phi) is 3.26. The molecule has 1 saturated heterocycles. The van der Waals surface area contributed by atoms with E-state index >= 15 is 0 Å². The lowest BCUT2D eigenvalue weighted by atomic mass is 9.93. The van der Waals surface area contributed by atoms with Gasteiger partial charge in [-0.05, 0) is 20.8 Å². The summed E-state index contributed by atoms with van der Waals surface area (Å²) in [7, 11) is 0. The predicted octanol–water partition coefficient (Wildman–Crippen LogP) is 0.625. The smallest absolute Gasteiger partial charge is 0.361 e. The van der Waals surface area contributed by atoms with E-state index < -0.39 is 36.0 Å². The molecule has 1 aliphatic carbocycles. The number of hydrogen-bond acceptors (Lipinski definition) is 8. The monoisotopic (exact) mass is 335 g/mol. The standard InChI is InChI=1S/C15H17N3O6/c1-4-21-13(19)9-10-14(20)22-11-7(18(10)17-16-9)5-6-8-12(11)24-15(2,3)23-8/h5-8,11-12H,4H2,1-3H3/t7-,8+,11+,12+/m0/s1. The van der Waals surface area contributed by atoms with Crippen molar-refractivity contribution in [2.75, 3.05) is 6.61 Å². The molecule has 0 bridgehead atoms. The van der Waals surface area contributed by atoms with Crippen molar-refractivity contribution in [3.63, 3.8) is 0 Å². The number of aromatic nitrogens is 3. The van der Waals surface area contributed by atoms with Gasteiger partial charge in [-0.15, -0.1) is 5.10 Å². The second kappa shape index (κ2) is 5.12. The molecule has 3 aliphatic rings. The number of fused-ring (bicyclic) bond motifs is 5. The van der Waals surface area contributed by atoms with Crippen LogP contribution in [0.5, 0.6) is 0 Å². The van der Waals surface area contributed by atoms with Crippen LogP contribution in [0.15, 0.2) is 12.2 Å². The lowest BCUT2D eigenvalue weighted by Crippen LogP contribution is -2.49. The second-order valence-electron chi connectivity index (χ2n) is 6.26. The van der Waals surface area contributed by atoms with E-state index in [0.29, 0.717) is 0 Å². The molecule has 0 N–H and O–H groups in total. The molecule has 9 nitrogen and oxygen atoms in total. The Morgan fingerprint density at radius 1 is 1.33 bits per heavy atom. The Balaban J connectivity index is 1.72. The Hall–Kier alpha value is -2.26. The first-order valence-electron chi connectivity index (χ1n) is 7.78. The van der Waals surface area contributed by atoms with Crippen molar-refractivity contribution in [3.05, 3.63) is 23.5 Å². The molecule has 128 valence electrons. The Morgan fingerprint density at radius 2 is 2.12 bits per heavy atom. The maximum atomic E-state index is 12.4. The van der Waals surface area contributed by atoms with Crippen LogP contribution in [0.1, 0.15) is 47.8 Å². The fourth-order valence-corrected chi connectivity index (χ4v) is 3.31. The van der Waals surface area contributed by atoms with Crippen LogP contribution in [0, 0.1) is 0 Å².